The highest BCUT2D eigenvalue weighted by Crippen LogP contribution is 2.22. The Hall–Kier alpha value is -2.82. The topological polar surface area (TPSA) is 111 Å². The van der Waals surface area contributed by atoms with Gasteiger partial charge in [0.15, 0.2) is 0 Å². The van der Waals surface area contributed by atoms with Crippen molar-refractivity contribution in [3.8, 4) is 11.6 Å². The van der Waals surface area contributed by atoms with E-state index in [4.69, 9.17) is 9.88 Å². The number of anilines is 1. The van der Waals surface area contributed by atoms with Crippen LogP contribution in [0.1, 0.15) is 10.4 Å². The van der Waals surface area contributed by atoms with Crippen LogP contribution in [0, 0.1) is 5.82 Å². The molecule has 0 saturated heterocycles. The maximum Gasteiger partial charge on any atom is 0.256 e. The molecule has 3 rings (SSSR count). The molecule has 0 unspecified atom stereocenters. The van der Waals surface area contributed by atoms with Crippen LogP contribution in [0.3, 0.4) is 0 Å². The standard InChI is InChI=1S/C16H12FN3O4S2/c17-11-1-4-13(5-2-11)24-14-6-3-12(8-19-14)20-16(21)10-7-15(25-9-10)26(18,22)23/h1-9H,(H,20,21)(H2,18,22,23). The number of hydrogen-bond donors (Lipinski definition) is 2. The van der Waals surface area contributed by atoms with E-state index >= 15 is 0 Å². The molecular weight excluding hydrogens is 381 g/mol. The Balaban J connectivity index is 1.66. The monoisotopic (exact) mass is 393 g/mol. The van der Waals surface area contributed by atoms with Crippen LogP contribution in [0.4, 0.5) is 10.1 Å². The quantitative estimate of drug-likeness (QED) is 0.692. The lowest BCUT2D eigenvalue weighted by molar-refractivity contribution is 0.102. The van der Waals surface area contributed by atoms with Crippen LogP contribution in [0.25, 0.3) is 0 Å². The Bertz CT molecular complexity index is 1030. The lowest BCUT2D eigenvalue weighted by Crippen LogP contribution is -2.12. The molecular formula is C16H12FN3O4S2. The van der Waals surface area contributed by atoms with E-state index in [1.165, 1.54) is 48.0 Å². The average molecular weight is 393 g/mol. The number of primary sulfonamides is 1. The van der Waals surface area contributed by atoms with Gasteiger partial charge in [-0.05, 0) is 36.4 Å². The smallest absolute Gasteiger partial charge is 0.256 e. The number of benzene rings is 1. The van der Waals surface area contributed by atoms with Crippen molar-refractivity contribution in [3.05, 3.63) is 65.4 Å². The molecule has 2 heterocycles. The summed E-state index contributed by atoms with van der Waals surface area (Å²) < 4.78 is 40.7. The minimum absolute atomic E-state index is 0.0937. The Morgan fingerprint density at radius 1 is 1.19 bits per heavy atom. The molecule has 0 bridgehead atoms. The summed E-state index contributed by atoms with van der Waals surface area (Å²) in [6.45, 7) is 0. The third-order valence-corrected chi connectivity index (χ3v) is 5.53. The van der Waals surface area contributed by atoms with Crippen LogP contribution >= 0.6 is 11.3 Å². The number of nitrogens with zero attached hydrogens (tertiary/aromatic N) is 1. The predicted octanol–water partition coefficient (Wildman–Crippen LogP) is 2.97. The van der Waals surface area contributed by atoms with Gasteiger partial charge in [0.05, 0.1) is 17.4 Å². The summed E-state index contributed by atoms with van der Waals surface area (Å²) in [6.07, 6.45) is 1.38. The Morgan fingerprint density at radius 3 is 2.50 bits per heavy atom. The van der Waals surface area contributed by atoms with Gasteiger partial charge in [-0.2, -0.15) is 0 Å². The molecule has 0 radical (unpaired) electrons. The van der Waals surface area contributed by atoms with E-state index in [1.807, 2.05) is 0 Å². The molecule has 1 aromatic carbocycles. The van der Waals surface area contributed by atoms with Crippen molar-refractivity contribution in [1.29, 1.82) is 0 Å². The van der Waals surface area contributed by atoms with E-state index in [-0.39, 0.29) is 21.5 Å². The Labute approximate surface area is 152 Å². The SMILES string of the molecule is NS(=O)(=O)c1cc(C(=O)Nc2ccc(Oc3ccc(F)cc3)nc2)cs1. The van der Waals surface area contributed by atoms with Gasteiger partial charge in [-0.1, -0.05) is 0 Å². The van der Waals surface area contributed by atoms with E-state index in [2.05, 4.69) is 10.3 Å². The van der Waals surface area contributed by atoms with Gasteiger partial charge in [0, 0.05) is 11.4 Å². The van der Waals surface area contributed by atoms with E-state index in [0.29, 0.717) is 11.4 Å². The molecule has 2 aromatic heterocycles. The fourth-order valence-electron chi connectivity index (χ4n) is 1.93. The molecule has 0 aliphatic rings. The largest absolute Gasteiger partial charge is 0.439 e. The highest BCUT2D eigenvalue weighted by atomic mass is 32.2. The first-order valence-corrected chi connectivity index (χ1v) is 9.56. The maximum absolute atomic E-state index is 12.9. The number of thiophene rings is 1. The molecule has 134 valence electrons. The van der Waals surface area contributed by atoms with Gasteiger partial charge in [0.25, 0.3) is 5.91 Å². The normalized spacial score (nSPS) is 11.2. The van der Waals surface area contributed by atoms with Crippen molar-refractivity contribution < 1.29 is 22.3 Å². The Kier molecular flexibility index (Phi) is 4.98. The van der Waals surface area contributed by atoms with Crippen LogP contribution in [-0.2, 0) is 10.0 Å². The van der Waals surface area contributed by atoms with Crippen molar-refractivity contribution >= 4 is 33.0 Å². The number of nitrogens with one attached hydrogen (secondary N) is 1. The number of carbonyl (C=O) groups is 1. The van der Waals surface area contributed by atoms with Crippen molar-refractivity contribution in [2.45, 2.75) is 4.21 Å². The van der Waals surface area contributed by atoms with Crippen LogP contribution in [0.15, 0.2) is 58.3 Å². The number of ether oxygens (including phenoxy) is 1. The lowest BCUT2D eigenvalue weighted by atomic mass is 10.3. The molecule has 7 nitrogen and oxygen atoms in total. The van der Waals surface area contributed by atoms with E-state index in [0.717, 1.165) is 11.3 Å². The number of amides is 1. The number of hydrogen-bond acceptors (Lipinski definition) is 6. The number of pyridine rings is 1. The summed E-state index contributed by atoms with van der Waals surface area (Å²) in [6, 6.07) is 9.76. The van der Waals surface area contributed by atoms with Gasteiger partial charge < -0.3 is 10.1 Å². The van der Waals surface area contributed by atoms with E-state index in [9.17, 15) is 17.6 Å². The van der Waals surface area contributed by atoms with E-state index < -0.39 is 15.9 Å². The molecule has 0 atom stereocenters. The highest BCUT2D eigenvalue weighted by molar-refractivity contribution is 7.91. The van der Waals surface area contributed by atoms with Crippen molar-refractivity contribution in [2.24, 2.45) is 5.14 Å². The summed E-state index contributed by atoms with van der Waals surface area (Å²) in [5, 5.41) is 9.00. The zero-order chi connectivity index (χ0) is 18.7. The van der Waals surface area contributed by atoms with Crippen LogP contribution in [0.5, 0.6) is 11.6 Å². The van der Waals surface area contributed by atoms with E-state index in [1.54, 1.807) is 6.07 Å². The first kappa shape index (κ1) is 18.0. The second-order valence-corrected chi connectivity index (χ2v) is 7.79. The summed E-state index contributed by atoms with van der Waals surface area (Å²) in [5.41, 5.74) is 0.565. The first-order chi connectivity index (χ1) is 12.3. The second kappa shape index (κ2) is 7.20. The number of halogens is 1. The summed E-state index contributed by atoms with van der Waals surface area (Å²) in [5.74, 6) is -0.182. The number of nitrogens with two attached hydrogens (primary N) is 1. The number of sulfonamides is 1. The molecule has 0 fully saturated rings. The van der Waals surface area contributed by atoms with Crippen LogP contribution in [0.2, 0.25) is 0 Å². The molecule has 0 aliphatic carbocycles. The molecule has 26 heavy (non-hydrogen) atoms. The third-order valence-electron chi connectivity index (χ3n) is 3.15. The zero-order valence-corrected chi connectivity index (χ0v) is 14.7. The van der Waals surface area contributed by atoms with Crippen molar-refractivity contribution in [3.63, 3.8) is 0 Å². The minimum Gasteiger partial charge on any atom is -0.439 e. The fraction of sp³-hybridized carbons (Fsp3) is 0. The Morgan fingerprint density at radius 2 is 1.92 bits per heavy atom. The van der Waals surface area contributed by atoms with Crippen LogP contribution < -0.4 is 15.2 Å². The molecule has 3 aromatic rings. The van der Waals surface area contributed by atoms with Crippen LogP contribution in [-0.4, -0.2) is 19.3 Å². The number of carbonyl (C=O) groups excluding carboxylic acids is 1. The molecule has 10 heteroatoms. The highest BCUT2D eigenvalue weighted by Gasteiger charge is 2.15. The van der Waals surface area contributed by atoms with Gasteiger partial charge in [-0.25, -0.2) is 22.9 Å². The van der Waals surface area contributed by atoms with Gasteiger partial charge in [0.2, 0.25) is 15.9 Å². The molecule has 3 N–H and O–H groups in total. The van der Waals surface area contributed by atoms with Gasteiger partial charge in [-0.3, -0.25) is 4.79 Å². The summed E-state index contributed by atoms with van der Waals surface area (Å²) in [7, 11) is -3.84. The molecule has 0 aliphatic heterocycles. The first-order valence-electron chi connectivity index (χ1n) is 7.13. The maximum atomic E-state index is 12.9. The molecule has 0 spiro atoms. The number of rotatable bonds is 5. The predicted molar refractivity (Wildman–Crippen MR) is 94.4 cm³/mol. The van der Waals surface area contributed by atoms with Crippen molar-refractivity contribution in [2.75, 3.05) is 5.32 Å². The average Bonchev–Trinajstić information content (AvgIpc) is 3.09. The van der Waals surface area contributed by atoms with Gasteiger partial charge in [0.1, 0.15) is 15.8 Å². The van der Waals surface area contributed by atoms with Gasteiger partial charge >= 0.3 is 0 Å². The minimum atomic E-state index is -3.84. The molecule has 0 saturated carbocycles. The van der Waals surface area contributed by atoms with Gasteiger partial charge in [-0.15, -0.1) is 11.3 Å². The second-order valence-electron chi connectivity index (χ2n) is 5.09. The zero-order valence-electron chi connectivity index (χ0n) is 13.0. The molecule has 1 amide bonds. The van der Waals surface area contributed by atoms with Crippen molar-refractivity contribution in [1.82, 2.24) is 4.98 Å². The lowest BCUT2D eigenvalue weighted by Gasteiger charge is -2.06. The number of aromatic nitrogens is 1. The third kappa shape index (κ3) is 4.42. The summed E-state index contributed by atoms with van der Waals surface area (Å²) in [4.78, 5) is 16.2. The fourth-order valence-corrected chi connectivity index (χ4v) is 3.51. The summed E-state index contributed by atoms with van der Waals surface area (Å²) >= 11 is 0.864.